The second kappa shape index (κ2) is 6.68. The number of aryl methyl sites for hydroxylation is 1. The minimum Gasteiger partial charge on any atom is -0.371 e. The molecule has 0 radical (unpaired) electrons. The number of ether oxygens (including phenoxy) is 1. The van der Waals surface area contributed by atoms with E-state index in [1.807, 2.05) is 0 Å². The van der Waals surface area contributed by atoms with Crippen LogP contribution in [0.25, 0.3) is 0 Å². The number of amides is 1. The first-order valence-corrected chi connectivity index (χ1v) is 6.83. The molecule has 0 bridgehead atoms. The van der Waals surface area contributed by atoms with Gasteiger partial charge in [0.1, 0.15) is 6.10 Å². The zero-order valence-corrected chi connectivity index (χ0v) is 11.6. The largest absolute Gasteiger partial charge is 0.371 e. The number of hydrogen-bond donors (Lipinski definition) is 2. The lowest BCUT2D eigenvalue weighted by Gasteiger charge is -2.32. The molecule has 2 atom stereocenters. The summed E-state index contributed by atoms with van der Waals surface area (Å²) in [6.45, 7) is 3.17. The van der Waals surface area contributed by atoms with Gasteiger partial charge in [-0.25, -0.2) is 0 Å². The lowest BCUT2D eigenvalue weighted by atomic mass is 9.95. The number of hydrogen-bond acceptors (Lipinski definition) is 3. The predicted octanol–water partition coefficient (Wildman–Crippen LogP) is 1.55. The van der Waals surface area contributed by atoms with Crippen LogP contribution >= 0.6 is 0 Å². The van der Waals surface area contributed by atoms with Crippen LogP contribution in [-0.4, -0.2) is 32.1 Å². The van der Waals surface area contributed by atoms with Crippen molar-refractivity contribution in [1.29, 1.82) is 0 Å². The van der Waals surface area contributed by atoms with E-state index in [1.54, 1.807) is 7.05 Å². The minimum atomic E-state index is -0.0323. The van der Waals surface area contributed by atoms with E-state index in [1.165, 1.54) is 5.56 Å². The molecule has 1 aliphatic rings. The predicted molar refractivity (Wildman–Crippen MR) is 75.0 cm³/mol. The molecule has 19 heavy (non-hydrogen) atoms. The second-order valence-corrected chi connectivity index (χ2v) is 5.05. The maximum Gasteiger partial charge on any atom is 0.234 e. The second-order valence-electron chi connectivity index (χ2n) is 5.05. The molecule has 1 amide bonds. The molecule has 4 nitrogen and oxygen atoms in total. The molecule has 2 rings (SSSR count). The van der Waals surface area contributed by atoms with Crippen LogP contribution in [0, 0.1) is 6.92 Å². The average Bonchev–Trinajstić information content (AvgIpc) is 2.41. The molecule has 0 saturated carbocycles. The number of rotatable bonds is 4. The van der Waals surface area contributed by atoms with Crippen molar-refractivity contribution in [1.82, 2.24) is 10.6 Å². The normalized spacial score (nSPS) is 23.1. The van der Waals surface area contributed by atoms with Crippen LogP contribution in [0.1, 0.15) is 30.1 Å². The highest BCUT2D eigenvalue weighted by Crippen LogP contribution is 2.28. The molecule has 1 saturated heterocycles. The first-order valence-electron chi connectivity index (χ1n) is 6.83. The summed E-state index contributed by atoms with van der Waals surface area (Å²) in [6.07, 6.45) is 1.93. The third-order valence-corrected chi connectivity index (χ3v) is 3.41. The van der Waals surface area contributed by atoms with E-state index >= 15 is 0 Å². The van der Waals surface area contributed by atoms with E-state index in [2.05, 4.69) is 41.8 Å². The van der Waals surface area contributed by atoms with Gasteiger partial charge < -0.3 is 15.4 Å². The maximum absolute atomic E-state index is 11.7. The standard InChI is InChI=1S/C15H22N2O2/c1-11-5-7-12(8-6-11)15-13(4-3-9-19-15)17-14(18)10-16-2/h5-8,13,15-16H,3-4,9-10H2,1-2H3,(H,17,18). The molecule has 4 heteroatoms. The highest BCUT2D eigenvalue weighted by molar-refractivity contribution is 5.78. The van der Waals surface area contributed by atoms with Gasteiger partial charge in [-0.2, -0.15) is 0 Å². The van der Waals surface area contributed by atoms with Crippen molar-refractivity contribution in [2.24, 2.45) is 0 Å². The number of nitrogens with one attached hydrogen (secondary N) is 2. The Balaban J connectivity index is 2.07. The molecular weight excluding hydrogens is 240 g/mol. The minimum absolute atomic E-state index is 0.0233. The lowest BCUT2D eigenvalue weighted by molar-refractivity contribution is -0.123. The van der Waals surface area contributed by atoms with Crippen molar-refractivity contribution in [3.05, 3.63) is 35.4 Å². The fraction of sp³-hybridized carbons (Fsp3) is 0.533. The Labute approximate surface area is 114 Å². The Bertz CT molecular complexity index is 417. The number of benzene rings is 1. The average molecular weight is 262 g/mol. The van der Waals surface area contributed by atoms with Gasteiger partial charge in [0.25, 0.3) is 0 Å². The molecule has 0 aliphatic carbocycles. The van der Waals surface area contributed by atoms with Crippen molar-refractivity contribution in [3.63, 3.8) is 0 Å². The van der Waals surface area contributed by atoms with Gasteiger partial charge in [0.15, 0.2) is 0 Å². The highest BCUT2D eigenvalue weighted by Gasteiger charge is 2.28. The van der Waals surface area contributed by atoms with Crippen molar-refractivity contribution in [2.75, 3.05) is 20.2 Å². The molecule has 104 valence electrons. The van der Waals surface area contributed by atoms with Crippen molar-refractivity contribution < 1.29 is 9.53 Å². The molecule has 2 N–H and O–H groups in total. The SMILES string of the molecule is CNCC(=O)NC1CCCOC1c1ccc(C)cc1. The van der Waals surface area contributed by atoms with Crippen LogP contribution in [-0.2, 0) is 9.53 Å². The summed E-state index contributed by atoms with van der Waals surface area (Å²) in [4.78, 5) is 11.7. The summed E-state index contributed by atoms with van der Waals surface area (Å²) in [5.41, 5.74) is 2.37. The van der Waals surface area contributed by atoms with Crippen LogP contribution in [0.2, 0.25) is 0 Å². The Kier molecular flexibility index (Phi) is 4.93. The summed E-state index contributed by atoms with van der Waals surface area (Å²) in [7, 11) is 1.77. The summed E-state index contributed by atoms with van der Waals surface area (Å²) < 4.78 is 5.86. The van der Waals surface area contributed by atoms with Crippen LogP contribution in [0.4, 0.5) is 0 Å². The molecule has 2 unspecified atom stereocenters. The summed E-state index contributed by atoms with van der Waals surface area (Å²) in [5, 5.41) is 5.92. The van der Waals surface area contributed by atoms with Gasteiger partial charge >= 0.3 is 0 Å². The summed E-state index contributed by atoms with van der Waals surface area (Å²) in [5.74, 6) is 0.0233. The smallest absolute Gasteiger partial charge is 0.234 e. The van der Waals surface area contributed by atoms with Crippen LogP contribution in [0.5, 0.6) is 0 Å². The first-order chi connectivity index (χ1) is 9.20. The third-order valence-electron chi connectivity index (χ3n) is 3.41. The highest BCUT2D eigenvalue weighted by atomic mass is 16.5. The van der Waals surface area contributed by atoms with Gasteiger partial charge in [0, 0.05) is 6.61 Å². The molecule has 1 heterocycles. The Hall–Kier alpha value is -1.39. The molecule has 1 fully saturated rings. The van der Waals surface area contributed by atoms with Crippen LogP contribution in [0.15, 0.2) is 24.3 Å². The zero-order valence-electron chi connectivity index (χ0n) is 11.6. The van der Waals surface area contributed by atoms with Gasteiger partial charge in [0.05, 0.1) is 12.6 Å². The molecule has 1 aromatic carbocycles. The van der Waals surface area contributed by atoms with Gasteiger partial charge in [0.2, 0.25) is 5.91 Å². The van der Waals surface area contributed by atoms with Gasteiger partial charge in [-0.15, -0.1) is 0 Å². The van der Waals surface area contributed by atoms with Crippen molar-refractivity contribution >= 4 is 5.91 Å². The van der Waals surface area contributed by atoms with Gasteiger partial charge in [-0.3, -0.25) is 4.79 Å². The van der Waals surface area contributed by atoms with Crippen molar-refractivity contribution in [2.45, 2.75) is 31.9 Å². The number of carbonyl (C=O) groups is 1. The van der Waals surface area contributed by atoms with Gasteiger partial charge in [-0.05, 0) is 32.4 Å². The van der Waals surface area contributed by atoms with E-state index in [0.717, 1.165) is 25.0 Å². The summed E-state index contributed by atoms with van der Waals surface area (Å²) >= 11 is 0. The van der Waals surface area contributed by atoms with E-state index in [9.17, 15) is 4.79 Å². The monoisotopic (exact) mass is 262 g/mol. The maximum atomic E-state index is 11.7. The van der Waals surface area contributed by atoms with E-state index in [4.69, 9.17) is 4.74 Å². The molecule has 0 spiro atoms. The zero-order chi connectivity index (χ0) is 13.7. The fourth-order valence-electron chi connectivity index (χ4n) is 2.43. The molecule has 1 aliphatic heterocycles. The fourth-order valence-corrected chi connectivity index (χ4v) is 2.43. The lowest BCUT2D eigenvalue weighted by Crippen LogP contribution is -2.45. The Morgan fingerprint density at radius 2 is 2.11 bits per heavy atom. The molecule has 0 aromatic heterocycles. The van der Waals surface area contributed by atoms with E-state index < -0.39 is 0 Å². The van der Waals surface area contributed by atoms with Crippen LogP contribution in [0.3, 0.4) is 0 Å². The number of carbonyl (C=O) groups excluding carboxylic acids is 1. The summed E-state index contributed by atoms with van der Waals surface area (Å²) in [6, 6.07) is 8.40. The number of likely N-dealkylation sites (N-methyl/N-ethyl adjacent to an activating group) is 1. The third kappa shape index (κ3) is 3.78. The van der Waals surface area contributed by atoms with Crippen molar-refractivity contribution in [3.8, 4) is 0 Å². The van der Waals surface area contributed by atoms with Crippen LogP contribution < -0.4 is 10.6 Å². The molecular formula is C15H22N2O2. The quantitative estimate of drug-likeness (QED) is 0.865. The van der Waals surface area contributed by atoms with E-state index in [0.29, 0.717) is 6.54 Å². The van der Waals surface area contributed by atoms with Gasteiger partial charge in [-0.1, -0.05) is 29.8 Å². The Morgan fingerprint density at radius 1 is 1.37 bits per heavy atom. The van der Waals surface area contributed by atoms with E-state index in [-0.39, 0.29) is 18.1 Å². The molecule has 1 aromatic rings. The first kappa shape index (κ1) is 14.0. The Morgan fingerprint density at radius 3 is 2.79 bits per heavy atom. The topological polar surface area (TPSA) is 50.4 Å².